The molecule has 1 aliphatic heterocycles. The molecule has 2 N–H and O–H groups in total. The summed E-state index contributed by atoms with van der Waals surface area (Å²) in [5, 5.41) is 18.3. The van der Waals surface area contributed by atoms with Crippen LogP contribution < -0.4 is 11.3 Å². The van der Waals surface area contributed by atoms with Crippen LogP contribution in [-0.4, -0.2) is 10.3 Å². The second-order valence-electron chi connectivity index (χ2n) is 3.00. The lowest BCUT2D eigenvalue weighted by atomic mass is 10.1. The minimum atomic E-state index is -0.394. The van der Waals surface area contributed by atoms with E-state index in [1.165, 1.54) is 16.3 Å². The van der Waals surface area contributed by atoms with Gasteiger partial charge in [0.15, 0.2) is 0 Å². The number of hydrogen-bond acceptors (Lipinski definition) is 5. The van der Waals surface area contributed by atoms with Gasteiger partial charge in [-0.05, 0) is 0 Å². The van der Waals surface area contributed by atoms with Gasteiger partial charge in [-0.3, -0.25) is 9.36 Å². The lowest BCUT2D eigenvalue weighted by Gasteiger charge is -2.07. The summed E-state index contributed by atoms with van der Waals surface area (Å²) in [6.07, 6.45) is 0. The number of anilines is 1. The van der Waals surface area contributed by atoms with Gasteiger partial charge in [0.2, 0.25) is 0 Å². The van der Waals surface area contributed by atoms with Gasteiger partial charge in [-0.1, -0.05) is 0 Å². The lowest BCUT2D eigenvalue weighted by Crippen LogP contribution is -2.24. The highest BCUT2D eigenvalue weighted by Gasteiger charge is 2.23. The molecule has 0 saturated heterocycles. The van der Waals surface area contributed by atoms with E-state index >= 15 is 0 Å². The van der Waals surface area contributed by atoms with Crippen molar-refractivity contribution in [3.8, 4) is 12.1 Å². The van der Waals surface area contributed by atoms with Crippen LogP contribution in [0.25, 0.3) is 0 Å². The molecule has 0 saturated carbocycles. The Hall–Kier alpha value is -1.92. The van der Waals surface area contributed by atoms with Crippen LogP contribution in [0.1, 0.15) is 11.1 Å². The Morgan fingerprint density at radius 3 is 2.60 bits per heavy atom. The maximum Gasteiger partial charge on any atom is 0.271 e. The molecule has 0 spiro atoms. The predicted molar refractivity (Wildman–Crippen MR) is 55.3 cm³/mol. The van der Waals surface area contributed by atoms with E-state index in [9.17, 15) is 4.79 Å². The zero-order valence-corrected chi connectivity index (χ0v) is 8.47. The summed E-state index contributed by atoms with van der Waals surface area (Å²) in [6, 6.07) is 3.69. The maximum absolute atomic E-state index is 11.7. The second-order valence-corrected chi connectivity index (χ2v) is 4.08. The van der Waals surface area contributed by atoms with Gasteiger partial charge in [0.05, 0.1) is 10.7 Å². The van der Waals surface area contributed by atoms with Gasteiger partial charge < -0.3 is 5.73 Å². The molecule has 15 heavy (non-hydrogen) atoms. The van der Waals surface area contributed by atoms with Crippen LogP contribution in [0, 0.1) is 22.7 Å². The number of nitrogen functional groups attached to an aromatic ring is 1. The molecule has 1 aromatic heterocycles. The SMILES string of the molecule is N#Cc1c(N)c(C#N)c(=O)n2c1SCC2. The van der Waals surface area contributed by atoms with Crippen LogP contribution in [0.2, 0.25) is 0 Å². The number of thioether (sulfide) groups is 1. The number of nitrogens with two attached hydrogens (primary N) is 1. The van der Waals surface area contributed by atoms with Gasteiger partial charge in [-0.15, -0.1) is 11.8 Å². The number of pyridine rings is 1. The molecule has 0 fully saturated rings. The van der Waals surface area contributed by atoms with Crippen molar-refractivity contribution in [2.24, 2.45) is 0 Å². The van der Waals surface area contributed by atoms with Crippen molar-refractivity contribution < 1.29 is 0 Å². The summed E-state index contributed by atoms with van der Waals surface area (Å²) in [7, 11) is 0. The molecule has 1 aliphatic rings. The monoisotopic (exact) mass is 218 g/mol. The molecule has 1 aromatic rings. The van der Waals surface area contributed by atoms with Gasteiger partial charge in [0.25, 0.3) is 5.56 Å². The van der Waals surface area contributed by atoms with Crippen molar-refractivity contribution in [1.82, 2.24) is 4.57 Å². The third-order valence-corrected chi connectivity index (χ3v) is 3.32. The molecule has 5 nitrogen and oxygen atoms in total. The van der Waals surface area contributed by atoms with Crippen molar-refractivity contribution in [3.63, 3.8) is 0 Å². The highest BCUT2D eigenvalue weighted by atomic mass is 32.2. The highest BCUT2D eigenvalue weighted by molar-refractivity contribution is 7.99. The number of hydrogen-bond donors (Lipinski definition) is 1. The molecule has 0 amide bonds. The lowest BCUT2D eigenvalue weighted by molar-refractivity contribution is 0.689. The topological polar surface area (TPSA) is 95.6 Å². The standard InChI is InChI=1S/C9H6N4OS/c10-3-5-7(12)6(4-11)9-13(8(5)14)1-2-15-9/h1-2,12H2. The van der Waals surface area contributed by atoms with Gasteiger partial charge in [-0.25, -0.2) is 0 Å². The normalized spacial score (nSPS) is 12.9. The molecule has 74 valence electrons. The Morgan fingerprint density at radius 1 is 1.33 bits per heavy atom. The van der Waals surface area contributed by atoms with Crippen LogP contribution in [0.5, 0.6) is 0 Å². The summed E-state index contributed by atoms with van der Waals surface area (Å²) >= 11 is 1.42. The summed E-state index contributed by atoms with van der Waals surface area (Å²) in [5.74, 6) is 0.734. The van der Waals surface area contributed by atoms with E-state index in [1.807, 2.05) is 6.07 Å². The fourth-order valence-corrected chi connectivity index (χ4v) is 2.62. The van der Waals surface area contributed by atoms with E-state index in [4.69, 9.17) is 16.3 Å². The third kappa shape index (κ3) is 1.19. The van der Waals surface area contributed by atoms with Crippen LogP contribution >= 0.6 is 11.8 Å². The Morgan fingerprint density at radius 2 is 2.00 bits per heavy atom. The molecular formula is C9H6N4OS. The van der Waals surface area contributed by atoms with Crippen LogP contribution in [-0.2, 0) is 6.54 Å². The Balaban J connectivity index is 2.93. The summed E-state index contributed by atoms with van der Waals surface area (Å²) in [4.78, 5) is 11.7. The smallest absolute Gasteiger partial charge is 0.271 e. The van der Waals surface area contributed by atoms with E-state index in [2.05, 4.69) is 0 Å². The number of fused-ring (bicyclic) bond motifs is 1. The van der Waals surface area contributed by atoms with Gasteiger partial charge in [0.1, 0.15) is 23.3 Å². The Kier molecular flexibility index (Phi) is 2.14. The molecular weight excluding hydrogens is 212 g/mol. The molecule has 0 bridgehead atoms. The average molecular weight is 218 g/mol. The minimum absolute atomic E-state index is 0.00523. The minimum Gasteiger partial charge on any atom is -0.396 e. The molecule has 6 heteroatoms. The van der Waals surface area contributed by atoms with E-state index in [-0.39, 0.29) is 16.8 Å². The first-order valence-corrected chi connectivity index (χ1v) is 5.18. The second kappa shape index (κ2) is 3.34. The van der Waals surface area contributed by atoms with E-state index in [0.717, 1.165) is 5.75 Å². The zero-order valence-electron chi connectivity index (χ0n) is 7.65. The zero-order chi connectivity index (χ0) is 11.0. The van der Waals surface area contributed by atoms with E-state index in [1.54, 1.807) is 6.07 Å². The number of rotatable bonds is 0. The largest absolute Gasteiger partial charge is 0.396 e. The van der Waals surface area contributed by atoms with Crippen LogP contribution in [0.15, 0.2) is 9.82 Å². The van der Waals surface area contributed by atoms with Gasteiger partial charge in [-0.2, -0.15) is 10.5 Å². The molecule has 0 radical (unpaired) electrons. The fourth-order valence-electron chi connectivity index (χ4n) is 1.52. The summed E-state index contributed by atoms with van der Waals surface area (Å²) in [5.41, 5.74) is 5.33. The Bertz CT molecular complexity index is 572. The summed E-state index contributed by atoms with van der Waals surface area (Å²) < 4.78 is 1.44. The quantitative estimate of drug-likeness (QED) is 0.674. The number of aromatic nitrogens is 1. The third-order valence-electron chi connectivity index (χ3n) is 2.23. The van der Waals surface area contributed by atoms with Crippen molar-refractivity contribution in [2.45, 2.75) is 11.6 Å². The molecule has 0 aliphatic carbocycles. The van der Waals surface area contributed by atoms with Crippen LogP contribution in [0.4, 0.5) is 5.69 Å². The van der Waals surface area contributed by atoms with Gasteiger partial charge in [0, 0.05) is 12.3 Å². The highest BCUT2D eigenvalue weighted by Crippen LogP contribution is 2.31. The van der Waals surface area contributed by atoms with E-state index in [0.29, 0.717) is 11.6 Å². The van der Waals surface area contributed by atoms with Gasteiger partial charge >= 0.3 is 0 Å². The first kappa shape index (κ1) is 9.63. The van der Waals surface area contributed by atoms with E-state index < -0.39 is 5.56 Å². The maximum atomic E-state index is 11.7. The first-order chi connectivity index (χ1) is 7.20. The first-order valence-electron chi connectivity index (χ1n) is 4.20. The fraction of sp³-hybridized carbons (Fsp3) is 0.222. The number of nitrogens with zero attached hydrogens (tertiary/aromatic N) is 3. The van der Waals surface area contributed by atoms with Crippen molar-refractivity contribution in [1.29, 1.82) is 10.5 Å². The van der Waals surface area contributed by atoms with Crippen molar-refractivity contribution >= 4 is 17.4 Å². The average Bonchev–Trinajstić information content (AvgIpc) is 2.68. The van der Waals surface area contributed by atoms with Crippen LogP contribution in [0.3, 0.4) is 0 Å². The van der Waals surface area contributed by atoms with Crippen molar-refractivity contribution in [2.75, 3.05) is 11.5 Å². The Labute approximate surface area is 89.7 Å². The van der Waals surface area contributed by atoms with Crippen molar-refractivity contribution in [3.05, 3.63) is 21.5 Å². The molecule has 2 rings (SSSR count). The molecule has 0 aromatic carbocycles. The molecule has 0 atom stereocenters. The summed E-state index contributed by atoms with van der Waals surface area (Å²) in [6.45, 7) is 0.530. The number of nitriles is 2. The predicted octanol–water partition coefficient (Wildman–Crippen LogP) is 0.280. The molecule has 2 heterocycles. The molecule has 0 unspecified atom stereocenters.